The molecule has 1 amide bonds. The Kier molecular flexibility index (Phi) is 5.31. The first kappa shape index (κ1) is 17.7. The summed E-state index contributed by atoms with van der Waals surface area (Å²) >= 11 is 0. The Morgan fingerprint density at radius 2 is 1.88 bits per heavy atom. The van der Waals surface area contributed by atoms with Crippen molar-refractivity contribution in [3.63, 3.8) is 0 Å². The van der Waals surface area contributed by atoms with Crippen LogP contribution in [0.1, 0.15) is 25.3 Å². The molecule has 6 heteroatoms. The van der Waals surface area contributed by atoms with Crippen molar-refractivity contribution >= 4 is 11.6 Å². The summed E-state index contributed by atoms with van der Waals surface area (Å²) in [6, 6.07) is 15.8. The molecule has 3 rings (SSSR count). The third-order valence-electron chi connectivity index (χ3n) is 4.03. The number of methoxy groups -OCH3 is 1. The first-order chi connectivity index (χ1) is 12.6. The van der Waals surface area contributed by atoms with Gasteiger partial charge in [0.1, 0.15) is 0 Å². The molecule has 0 unspecified atom stereocenters. The quantitative estimate of drug-likeness (QED) is 0.730. The van der Waals surface area contributed by atoms with Gasteiger partial charge < -0.3 is 10.1 Å². The van der Waals surface area contributed by atoms with Gasteiger partial charge in [-0.3, -0.25) is 4.79 Å². The number of carbonyl (C=O) groups excluding carboxylic acids is 1. The van der Waals surface area contributed by atoms with Crippen LogP contribution in [-0.2, 0) is 4.79 Å². The number of amides is 1. The molecule has 3 aromatic rings. The standard InChI is InChI=1S/C20H22N4O2/c1-4-7-18(25)21-15-10-12-16(13-11-15)24-19(22-20(23-24)26-3)17-9-6-5-8-14(17)2/h5-6,8-13H,4,7H2,1-3H3,(H,21,25). The van der Waals surface area contributed by atoms with Crippen LogP contribution in [-0.4, -0.2) is 27.8 Å². The smallest absolute Gasteiger partial charge is 0.336 e. The van der Waals surface area contributed by atoms with Crippen LogP contribution in [0.25, 0.3) is 17.1 Å². The Hall–Kier alpha value is -3.15. The van der Waals surface area contributed by atoms with Crippen LogP contribution in [0.4, 0.5) is 5.69 Å². The highest BCUT2D eigenvalue weighted by Crippen LogP contribution is 2.26. The summed E-state index contributed by atoms with van der Waals surface area (Å²) in [5.74, 6) is 0.728. The minimum atomic E-state index is 0.0169. The van der Waals surface area contributed by atoms with Crippen molar-refractivity contribution in [3.05, 3.63) is 54.1 Å². The molecular formula is C20H22N4O2. The number of ether oxygens (including phenoxy) is 1. The fourth-order valence-corrected chi connectivity index (χ4v) is 2.69. The van der Waals surface area contributed by atoms with Gasteiger partial charge in [-0.15, -0.1) is 5.10 Å². The highest BCUT2D eigenvalue weighted by atomic mass is 16.5. The van der Waals surface area contributed by atoms with Crippen LogP contribution in [0.2, 0.25) is 0 Å². The zero-order valence-electron chi connectivity index (χ0n) is 15.2. The SMILES string of the molecule is CCCC(=O)Nc1ccc(-n2nc(OC)nc2-c2ccccc2C)cc1. The second kappa shape index (κ2) is 7.82. The van der Waals surface area contributed by atoms with Crippen LogP contribution >= 0.6 is 0 Å². The van der Waals surface area contributed by atoms with Crippen molar-refractivity contribution in [3.8, 4) is 23.1 Å². The Morgan fingerprint density at radius 3 is 2.54 bits per heavy atom. The fourth-order valence-electron chi connectivity index (χ4n) is 2.69. The summed E-state index contributed by atoms with van der Waals surface area (Å²) in [6.07, 6.45) is 1.34. The van der Waals surface area contributed by atoms with Crippen LogP contribution < -0.4 is 10.1 Å². The highest BCUT2D eigenvalue weighted by Gasteiger charge is 2.15. The number of aryl methyl sites for hydroxylation is 1. The van der Waals surface area contributed by atoms with E-state index in [9.17, 15) is 4.79 Å². The number of aromatic nitrogens is 3. The van der Waals surface area contributed by atoms with Gasteiger partial charge in [0.2, 0.25) is 5.91 Å². The lowest BCUT2D eigenvalue weighted by Crippen LogP contribution is -2.10. The predicted octanol–water partition coefficient (Wildman–Crippen LogP) is 3.99. The maximum absolute atomic E-state index is 11.7. The van der Waals surface area contributed by atoms with Gasteiger partial charge in [0.25, 0.3) is 0 Å². The van der Waals surface area contributed by atoms with E-state index in [4.69, 9.17) is 4.74 Å². The lowest BCUT2D eigenvalue weighted by Gasteiger charge is -2.09. The molecule has 0 aliphatic rings. The number of benzene rings is 2. The normalized spacial score (nSPS) is 10.6. The van der Waals surface area contributed by atoms with E-state index >= 15 is 0 Å². The second-order valence-corrected chi connectivity index (χ2v) is 5.99. The summed E-state index contributed by atoms with van der Waals surface area (Å²) in [4.78, 5) is 16.2. The molecular weight excluding hydrogens is 328 g/mol. The topological polar surface area (TPSA) is 69.0 Å². The maximum Gasteiger partial charge on any atom is 0.336 e. The number of anilines is 1. The summed E-state index contributed by atoms with van der Waals surface area (Å²) in [7, 11) is 1.55. The van der Waals surface area contributed by atoms with E-state index in [0.29, 0.717) is 18.3 Å². The number of nitrogens with zero attached hydrogens (tertiary/aromatic N) is 3. The molecule has 0 bridgehead atoms. The first-order valence-electron chi connectivity index (χ1n) is 8.59. The highest BCUT2D eigenvalue weighted by molar-refractivity contribution is 5.90. The number of nitrogens with one attached hydrogen (secondary N) is 1. The lowest BCUT2D eigenvalue weighted by molar-refractivity contribution is -0.116. The van der Waals surface area contributed by atoms with Crippen molar-refractivity contribution in [2.45, 2.75) is 26.7 Å². The molecule has 134 valence electrons. The monoisotopic (exact) mass is 350 g/mol. The van der Waals surface area contributed by atoms with E-state index in [-0.39, 0.29) is 5.91 Å². The number of hydrogen-bond donors (Lipinski definition) is 1. The number of hydrogen-bond acceptors (Lipinski definition) is 4. The molecule has 0 radical (unpaired) electrons. The molecule has 0 fully saturated rings. The molecule has 0 aliphatic carbocycles. The van der Waals surface area contributed by atoms with Crippen molar-refractivity contribution < 1.29 is 9.53 Å². The molecule has 6 nitrogen and oxygen atoms in total. The Labute approximate surface area is 152 Å². The Morgan fingerprint density at radius 1 is 1.15 bits per heavy atom. The molecule has 0 saturated heterocycles. The van der Waals surface area contributed by atoms with Gasteiger partial charge >= 0.3 is 6.01 Å². The third kappa shape index (κ3) is 3.74. The summed E-state index contributed by atoms with van der Waals surface area (Å²) in [5.41, 5.74) is 3.69. The molecule has 1 N–H and O–H groups in total. The van der Waals surface area contributed by atoms with Crippen molar-refractivity contribution in [2.24, 2.45) is 0 Å². The summed E-state index contributed by atoms with van der Waals surface area (Å²) in [5, 5.41) is 7.32. The van der Waals surface area contributed by atoms with E-state index in [1.165, 1.54) is 0 Å². The van der Waals surface area contributed by atoms with E-state index in [1.807, 2.05) is 62.4 Å². The van der Waals surface area contributed by atoms with Crippen LogP contribution in [0.15, 0.2) is 48.5 Å². The van der Waals surface area contributed by atoms with Crippen LogP contribution in [0.5, 0.6) is 6.01 Å². The minimum Gasteiger partial charge on any atom is -0.466 e. The Bertz CT molecular complexity index is 900. The van der Waals surface area contributed by atoms with Gasteiger partial charge in [-0.05, 0) is 43.2 Å². The predicted molar refractivity (Wildman–Crippen MR) is 102 cm³/mol. The Balaban J connectivity index is 1.95. The molecule has 0 spiro atoms. The third-order valence-corrected chi connectivity index (χ3v) is 4.03. The molecule has 0 saturated carbocycles. The summed E-state index contributed by atoms with van der Waals surface area (Å²) < 4.78 is 6.97. The molecule has 2 aromatic carbocycles. The largest absolute Gasteiger partial charge is 0.466 e. The molecule has 1 aromatic heterocycles. The van der Waals surface area contributed by atoms with Gasteiger partial charge in [-0.25, -0.2) is 4.68 Å². The lowest BCUT2D eigenvalue weighted by atomic mass is 10.1. The van der Waals surface area contributed by atoms with Crippen molar-refractivity contribution in [2.75, 3.05) is 12.4 Å². The van der Waals surface area contributed by atoms with Gasteiger partial charge in [0, 0.05) is 17.7 Å². The van der Waals surface area contributed by atoms with Crippen molar-refractivity contribution in [1.82, 2.24) is 14.8 Å². The van der Waals surface area contributed by atoms with E-state index in [1.54, 1.807) is 11.8 Å². The molecule has 26 heavy (non-hydrogen) atoms. The van der Waals surface area contributed by atoms with Crippen LogP contribution in [0.3, 0.4) is 0 Å². The van der Waals surface area contributed by atoms with Crippen molar-refractivity contribution in [1.29, 1.82) is 0 Å². The fraction of sp³-hybridized carbons (Fsp3) is 0.250. The van der Waals surface area contributed by atoms with E-state index in [0.717, 1.165) is 28.9 Å². The molecule has 0 atom stereocenters. The average molecular weight is 350 g/mol. The zero-order valence-corrected chi connectivity index (χ0v) is 15.2. The number of carbonyl (C=O) groups is 1. The maximum atomic E-state index is 11.7. The van der Waals surface area contributed by atoms with Gasteiger partial charge in [0.15, 0.2) is 5.82 Å². The van der Waals surface area contributed by atoms with E-state index in [2.05, 4.69) is 15.4 Å². The van der Waals surface area contributed by atoms with Crippen LogP contribution in [0, 0.1) is 6.92 Å². The van der Waals surface area contributed by atoms with E-state index < -0.39 is 0 Å². The minimum absolute atomic E-state index is 0.0169. The average Bonchev–Trinajstić information content (AvgIpc) is 3.07. The first-order valence-corrected chi connectivity index (χ1v) is 8.59. The summed E-state index contributed by atoms with van der Waals surface area (Å²) in [6.45, 7) is 4.01. The van der Waals surface area contributed by atoms with Gasteiger partial charge in [-0.1, -0.05) is 31.2 Å². The molecule has 1 heterocycles. The second-order valence-electron chi connectivity index (χ2n) is 5.99. The molecule has 0 aliphatic heterocycles. The van der Waals surface area contributed by atoms with Gasteiger partial charge in [0.05, 0.1) is 12.8 Å². The van der Waals surface area contributed by atoms with Gasteiger partial charge in [-0.2, -0.15) is 4.98 Å². The zero-order chi connectivity index (χ0) is 18.5. The number of rotatable bonds is 6.